The van der Waals surface area contributed by atoms with Gasteiger partial charge in [0.05, 0.1) is 11.9 Å². The molecule has 0 aromatic carbocycles. The Morgan fingerprint density at radius 1 is 1.11 bits per heavy atom. The molecule has 0 saturated carbocycles. The predicted octanol–water partition coefficient (Wildman–Crippen LogP) is 0.275. The van der Waals surface area contributed by atoms with Gasteiger partial charge < -0.3 is 4.74 Å². The quantitative estimate of drug-likeness (QED) is 0.741. The molecule has 2 unspecified atom stereocenters. The molecule has 18 heavy (non-hydrogen) atoms. The molecule has 104 valence electrons. The van der Waals surface area contributed by atoms with Crippen LogP contribution >= 0.6 is 0 Å². The summed E-state index contributed by atoms with van der Waals surface area (Å²) in [6, 6.07) is 0.457. The van der Waals surface area contributed by atoms with Crippen LogP contribution in [-0.4, -0.2) is 68.3 Å². The minimum atomic E-state index is -3.12. The van der Waals surface area contributed by atoms with Crippen molar-refractivity contribution in [3.63, 3.8) is 0 Å². The van der Waals surface area contributed by atoms with E-state index in [0.29, 0.717) is 19.1 Å². The Morgan fingerprint density at radius 3 is 2.78 bits per heavy atom. The van der Waals surface area contributed by atoms with E-state index in [1.54, 1.807) is 4.31 Å². The summed E-state index contributed by atoms with van der Waals surface area (Å²) in [5.41, 5.74) is 0. The molecule has 0 spiro atoms. The molecule has 3 fully saturated rings. The molecule has 3 rings (SSSR count). The molecule has 3 aliphatic rings. The molecule has 3 heterocycles. The van der Waals surface area contributed by atoms with Crippen molar-refractivity contribution in [2.75, 3.05) is 38.5 Å². The smallest absolute Gasteiger partial charge is 0.216 e. The first-order valence-electron chi connectivity index (χ1n) is 6.99. The third-order valence-electron chi connectivity index (χ3n) is 4.36. The third-order valence-corrected chi connectivity index (χ3v) is 6.28. The lowest BCUT2D eigenvalue weighted by molar-refractivity contribution is 0.123. The van der Waals surface area contributed by atoms with Gasteiger partial charge >= 0.3 is 0 Å². The molecule has 2 atom stereocenters. The van der Waals surface area contributed by atoms with Crippen LogP contribution in [0.5, 0.6) is 0 Å². The molecule has 0 aromatic heterocycles. The van der Waals surface area contributed by atoms with Crippen LogP contribution in [0.1, 0.15) is 25.7 Å². The number of sulfonamides is 1. The second-order valence-corrected chi connectivity index (χ2v) is 7.62. The van der Waals surface area contributed by atoms with Crippen LogP contribution < -0.4 is 0 Å². The van der Waals surface area contributed by atoms with Gasteiger partial charge in [-0.3, -0.25) is 4.90 Å². The molecule has 0 aliphatic carbocycles. The molecule has 0 N–H and O–H groups in total. The van der Waals surface area contributed by atoms with Gasteiger partial charge in [-0.2, -0.15) is 4.31 Å². The van der Waals surface area contributed by atoms with Gasteiger partial charge in [0, 0.05) is 32.3 Å². The van der Waals surface area contributed by atoms with Gasteiger partial charge in [-0.05, 0) is 32.2 Å². The Balaban J connectivity index is 1.62. The standard InChI is InChI=1S/C12H22N2O3S/c15-18(16,10-12-4-2-8-17-12)14-7-6-13-5-1-3-11(13)9-14/h11-12H,1-10H2. The van der Waals surface area contributed by atoms with E-state index in [9.17, 15) is 8.42 Å². The molecule has 0 amide bonds. The minimum absolute atomic E-state index is 0.0726. The van der Waals surface area contributed by atoms with Gasteiger partial charge in [0.2, 0.25) is 10.0 Å². The molecule has 3 aliphatic heterocycles. The van der Waals surface area contributed by atoms with Crippen LogP contribution in [-0.2, 0) is 14.8 Å². The third kappa shape index (κ3) is 2.57. The van der Waals surface area contributed by atoms with E-state index in [1.807, 2.05) is 0 Å². The monoisotopic (exact) mass is 274 g/mol. The van der Waals surface area contributed by atoms with E-state index in [4.69, 9.17) is 4.74 Å². The number of nitrogens with zero attached hydrogens (tertiary/aromatic N) is 2. The van der Waals surface area contributed by atoms with Crippen molar-refractivity contribution in [2.24, 2.45) is 0 Å². The zero-order valence-corrected chi connectivity index (χ0v) is 11.6. The van der Waals surface area contributed by atoms with E-state index in [0.717, 1.165) is 39.0 Å². The summed E-state index contributed by atoms with van der Waals surface area (Å²) in [4.78, 5) is 2.43. The highest BCUT2D eigenvalue weighted by Gasteiger charge is 2.36. The summed E-state index contributed by atoms with van der Waals surface area (Å²) in [6.45, 7) is 4.11. The molecule has 6 heteroatoms. The van der Waals surface area contributed by atoms with Crippen LogP contribution in [0.4, 0.5) is 0 Å². The van der Waals surface area contributed by atoms with Crippen molar-refractivity contribution in [3.8, 4) is 0 Å². The highest BCUT2D eigenvalue weighted by atomic mass is 32.2. The number of hydrogen-bond donors (Lipinski definition) is 0. The van der Waals surface area contributed by atoms with E-state index < -0.39 is 10.0 Å². The van der Waals surface area contributed by atoms with Gasteiger partial charge in [0.1, 0.15) is 0 Å². The molecule has 0 bridgehead atoms. The fraction of sp³-hybridized carbons (Fsp3) is 1.00. The number of fused-ring (bicyclic) bond motifs is 1. The van der Waals surface area contributed by atoms with Crippen molar-refractivity contribution in [1.82, 2.24) is 9.21 Å². The van der Waals surface area contributed by atoms with Gasteiger partial charge in [-0.25, -0.2) is 8.42 Å². The van der Waals surface area contributed by atoms with Crippen molar-refractivity contribution >= 4 is 10.0 Å². The number of rotatable bonds is 3. The minimum Gasteiger partial charge on any atom is -0.377 e. The molecular weight excluding hydrogens is 252 g/mol. The topological polar surface area (TPSA) is 49.9 Å². The van der Waals surface area contributed by atoms with Gasteiger partial charge in [0.15, 0.2) is 0 Å². The second kappa shape index (κ2) is 5.07. The van der Waals surface area contributed by atoms with E-state index in [1.165, 1.54) is 6.42 Å². The Morgan fingerprint density at radius 2 is 2.00 bits per heavy atom. The fourth-order valence-electron chi connectivity index (χ4n) is 3.33. The van der Waals surface area contributed by atoms with Crippen LogP contribution in [0.2, 0.25) is 0 Å². The van der Waals surface area contributed by atoms with Crippen LogP contribution in [0.15, 0.2) is 0 Å². The molecule has 5 nitrogen and oxygen atoms in total. The lowest BCUT2D eigenvalue weighted by Gasteiger charge is -2.37. The van der Waals surface area contributed by atoms with Crippen LogP contribution in [0, 0.1) is 0 Å². The van der Waals surface area contributed by atoms with E-state index >= 15 is 0 Å². The van der Waals surface area contributed by atoms with Crippen molar-refractivity contribution in [2.45, 2.75) is 37.8 Å². The number of hydrogen-bond acceptors (Lipinski definition) is 4. The highest BCUT2D eigenvalue weighted by Crippen LogP contribution is 2.24. The summed E-state index contributed by atoms with van der Waals surface area (Å²) in [6.07, 6.45) is 4.17. The zero-order valence-electron chi connectivity index (χ0n) is 10.8. The Hall–Kier alpha value is -0.170. The van der Waals surface area contributed by atoms with Gasteiger partial charge in [0.25, 0.3) is 0 Å². The SMILES string of the molecule is O=S(=O)(CC1CCCO1)N1CCN2CCCC2C1. The van der Waals surface area contributed by atoms with Gasteiger partial charge in [-0.1, -0.05) is 0 Å². The first kappa shape index (κ1) is 12.8. The summed E-state index contributed by atoms with van der Waals surface area (Å²) >= 11 is 0. The van der Waals surface area contributed by atoms with Crippen molar-refractivity contribution < 1.29 is 13.2 Å². The maximum Gasteiger partial charge on any atom is 0.216 e. The summed E-state index contributed by atoms with van der Waals surface area (Å²) in [7, 11) is -3.12. The van der Waals surface area contributed by atoms with E-state index in [-0.39, 0.29) is 11.9 Å². The van der Waals surface area contributed by atoms with E-state index in [2.05, 4.69) is 4.90 Å². The summed E-state index contributed by atoms with van der Waals surface area (Å²) in [5, 5.41) is 0. The Labute approximate surface area is 109 Å². The summed E-state index contributed by atoms with van der Waals surface area (Å²) < 4.78 is 31.9. The maximum atomic E-state index is 12.4. The van der Waals surface area contributed by atoms with Crippen LogP contribution in [0.3, 0.4) is 0 Å². The molecule has 0 radical (unpaired) electrons. The lowest BCUT2D eigenvalue weighted by Crippen LogP contribution is -2.53. The Kier molecular flexibility index (Phi) is 3.62. The van der Waals surface area contributed by atoms with Crippen molar-refractivity contribution in [1.29, 1.82) is 0 Å². The Bertz CT molecular complexity index is 392. The van der Waals surface area contributed by atoms with Gasteiger partial charge in [-0.15, -0.1) is 0 Å². The first-order valence-corrected chi connectivity index (χ1v) is 8.59. The normalized spacial score (nSPS) is 34.9. The number of ether oxygens (including phenoxy) is 1. The molecule has 0 aromatic rings. The largest absolute Gasteiger partial charge is 0.377 e. The highest BCUT2D eigenvalue weighted by molar-refractivity contribution is 7.89. The molecule has 3 saturated heterocycles. The lowest BCUT2D eigenvalue weighted by atomic mass is 10.2. The van der Waals surface area contributed by atoms with Crippen LogP contribution in [0.25, 0.3) is 0 Å². The number of piperazine rings is 1. The average molecular weight is 274 g/mol. The fourth-order valence-corrected chi connectivity index (χ4v) is 5.03. The zero-order chi connectivity index (χ0) is 12.6. The molecular formula is C12H22N2O3S. The average Bonchev–Trinajstić information content (AvgIpc) is 2.97. The van der Waals surface area contributed by atoms with Crippen molar-refractivity contribution in [3.05, 3.63) is 0 Å². The summed E-state index contributed by atoms with van der Waals surface area (Å²) in [5.74, 6) is 0.180. The maximum absolute atomic E-state index is 12.4. The second-order valence-electron chi connectivity index (χ2n) is 5.60. The first-order chi connectivity index (χ1) is 8.65. The predicted molar refractivity (Wildman–Crippen MR) is 68.9 cm³/mol.